The quantitative estimate of drug-likeness (QED) is 0.819. The average Bonchev–Trinajstić information content (AvgIpc) is 2.02. The lowest BCUT2D eigenvalue weighted by atomic mass is 10.1. The van der Waals surface area contributed by atoms with Gasteiger partial charge in [-0.1, -0.05) is 12.1 Å². The Balaban J connectivity index is 3.24. The van der Waals surface area contributed by atoms with Crippen LogP contribution in [0.5, 0.6) is 0 Å². The highest BCUT2D eigenvalue weighted by atomic mass is 79.9. The molecule has 0 unspecified atom stereocenters. The maximum absolute atomic E-state index is 12.3. The lowest BCUT2D eigenvalue weighted by Crippen LogP contribution is -2.08. The number of hydrogen-bond donors (Lipinski definition) is 1. The third kappa shape index (κ3) is 2.22. The van der Waals surface area contributed by atoms with E-state index in [0.717, 1.165) is 6.07 Å². The van der Waals surface area contributed by atoms with Crippen molar-refractivity contribution in [3.8, 4) is 0 Å². The maximum atomic E-state index is 12.3. The predicted octanol–water partition coefficient (Wildman–Crippen LogP) is 2.93. The summed E-state index contributed by atoms with van der Waals surface area (Å²) in [5.41, 5.74) is 5.03. The molecule has 0 aliphatic carbocycles. The first-order valence-corrected chi connectivity index (χ1v) is 4.30. The lowest BCUT2D eigenvalue weighted by molar-refractivity contribution is -0.138. The molecule has 1 aromatic carbocycles. The van der Waals surface area contributed by atoms with Crippen LogP contribution in [0.15, 0.2) is 22.7 Å². The molecular weight excluding hydrogens is 247 g/mol. The Kier molecular flexibility index (Phi) is 2.98. The molecule has 2 N–H and O–H groups in total. The maximum Gasteiger partial charge on any atom is 0.417 e. The van der Waals surface area contributed by atoms with Crippen LogP contribution >= 0.6 is 15.9 Å². The predicted molar refractivity (Wildman–Crippen MR) is 47.0 cm³/mol. The summed E-state index contributed by atoms with van der Waals surface area (Å²) < 4.78 is 36.9. The molecule has 0 aromatic heterocycles. The van der Waals surface area contributed by atoms with Crippen molar-refractivity contribution < 1.29 is 13.2 Å². The fourth-order valence-corrected chi connectivity index (χ4v) is 1.61. The van der Waals surface area contributed by atoms with Gasteiger partial charge in [-0.25, -0.2) is 0 Å². The molecule has 0 heterocycles. The van der Waals surface area contributed by atoms with E-state index in [2.05, 4.69) is 15.9 Å². The van der Waals surface area contributed by atoms with Crippen LogP contribution in [0.3, 0.4) is 0 Å². The smallest absolute Gasteiger partial charge is 0.326 e. The standard InChI is InChI=1S/C8H7BrF3N/c9-7-5(4-13)2-1-3-6(7)8(10,11)12/h1-3H,4,13H2. The van der Waals surface area contributed by atoms with Crippen molar-refractivity contribution in [3.05, 3.63) is 33.8 Å². The van der Waals surface area contributed by atoms with E-state index >= 15 is 0 Å². The second kappa shape index (κ2) is 3.67. The Morgan fingerprint density at radius 3 is 2.38 bits per heavy atom. The zero-order chi connectivity index (χ0) is 10.1. The molecule has 72 valence electrons. The molecule has 0 saturated heterocycles. The van der Waals surface area contributed by atoms with E-state index in [9.17, 15) is 13.2 Å². The van der Waals surface area contributed by atoms with Gasteiger partial charge in [0.2, 0.25) is 0 Å². The van der Waals surface area contributed by atoms with Crippen molar-refractivity contribution in [2.45, 2.75) is 12.7 Å². The largest absolute Gasteiger partial charge is 0.417 e. The molecule has 0 spiro atoms. The summed E-state index contributed by atoms with van der Waals surface area (Å²) in [4.78, 5) is 0. The molecular formula is C8H7BrF3N. The fourth-order valence-electron chi connectivity index (χ4n) is 0.956. The zero-order valence-electron chi connectivity index (χ0n) is 6.53. The number of nitrogens with two attached hydrogens (primary N) is 1. The van der Waals surface area contributed by atoms with E-state index < -0.39 is 11.7 Å². The van der Waals surface area contributed by atoms with Crippen LogP contribution in [0.1, 0.15) is 11.1 Å². The first kappa shape index (κ1) is 10.5. The summed E-state index contributed by atoms with van der Waals surface area (Å²) in [5, 5.41) is 0. The monoisotopic (exact) mass is 253 g/mol. The Hall–Kier alpha value is -0.550. The van der Waals surface area contributed by atoms with Gasteiger partial charge in [0, 0.05) is 11.0 Å². The van der Waals surface area contributed by atoms with Crippen LogP contribution < -0.4 is 5.73 Å². The van der Waals surface area contributed by atoms with E-state index in [1.165, 1.54) is 6.07 Å². The van der Waals surface area contributed by atoms with Crippen molar-refractivity contribution in [3.63, 3.8) is 0 Å². The van der Waals surface area contributed by atoms with Crippen molar-refractivity contribution >= 4 is 15.9 Å². The molecule has 0 radical (unpaired) electrons. The second-order valence-corrected chi connectivity index (χ2v) is 3.27. The van der Waals surface area contributed by atoms with Crippen LogP contribution in [0.25, 0.3) is 0 Å². The Labute approximate surface area is 81.9 Å². The molecule has 1 rings (SSSR count). The lowest BCUT2D eigenvalue weighted by Gasteiger charge is -2.11. The SMILES string of the molecule is NCc1cccc(C(F)(F)F)c1Br. The van der Waals surface area contributed by atoms with Crippen LogP contribution in [0.2, 0.25) is 0 Å². The van der Waals surface area contributed by atoms with Crippen molar-refractivity contribution in [1.82, 2.24) is 0 Å². The molecule has 0 atom stereocenters. The Bertz CT molecular complexity index is 309. The highest BCUT2D eigenvalue weighted by Gasteiger charge is 2.33. The highest BCUT2D eigenvalue weighted by Crippen LogP contribution is 2.36. The van der Waals surface area contributed by atoms with Crippen molar-refractivity contribution in [1.29, 1.82) is 0 Å². The second-order valence-electron chi connectivity index (χ2n) is 2.48. The van der Waals surface area contributed by atoms with Gasteiger partial charge in [-0.05, 0) is 27.6 Å². The van der Waals surface area contributed by atoms with Gasteiger partial charge in [0.1, 0.15) is 0 Å². The number of alkyl halides is 3. The summed E-state index contributed by atoms with van der Waals surface area (Å²) >= 11 is 2.88. The summed E-state index contributed by atoms with van der Waals surface area (Å²) in [5.74, 6) is 0. The van der Waals surface area contributed by atoms with Crippen LogP contribution in [-0.2, 0) is 12.7 Å². The zero-order valence-corrected chi connectivity index (χ0v) is 8.11. The average molecular weight is 254 g/mol. The van der Waals surface area contributed by atoms with Gasteiger partial charge in [-0.2, -0.15) is 13.2 Å². The molecule has 0 amide bonds. The number of benzene rings is 1. The highest BCUT2D eigenvalue weighted by molar-refractivity contribution is 9.10. The molecule has 5 heteroatoms. The molecule has 0 aliphatic rings. The van der Waals surface area contributed by atoms with Gasteiger partial charge in [0.25, 0.3) is 0 Å². The minimum Gasteiger partial charge on any atom is -0.326 e. The molecule has 1 nitrogen and oxygen atoms in total. The van der Waals surface area contributed by atoms with Gasteiger partial charge >= 0.3 is 6.18 Å². The van der Waals surface area contributed by atoms with Crippen LogP contribution in [0.4, 0.5) is 13.2 Å². The molecule has 0 saturated carbocycles. The van der Waals surface area contributed by atoms with Gasteiger partial charge in [0.15, 0.2) is 0 Å². The van der Waals surface area contributed by atoms with E-state index in [0.29, 0.717) is 5.56 Å². The van der Waals surface area contributed by atoms with E-state index in [-0.39, 0.29) is 11.0 Å². The molecule has 0 bridgehead atoms. The molecule has 13 heavy (non-hydrogen) atoms. The minimum atomic E-state index is -4.33. The van der Waals surface area contributed by atoms with Gasteiger partial charge < -0.3 is 5.73 Å². The minimum absolute atomic E-state index is 0.0324. The van der Waals surface area contributed by atoms with E-state index in [1.807, 2.05) is 0 Å². The fraction of sp³-hybridized carbons (Fsp3) is 0.250. The van der Waals surface area contributed by atoms with Crippen molar-refractivity contribution in [2.75, 3.05) is 0 Å². The summed E-state index contributed by atoms with van der Waals surface area (Å²) in [6.45, 7) is 0.0878. The van der Waals surface area contributed by atoms with Gasteiger partial charge in [0.05, 0.1) is 5.56 Å². The molecule has 1 aromatic rings. The van der Waals surface area contributed by atoms with E-state index in [4.69, 9.17) is 5.73 Å². The first-order chi connectivity index (χ1) is 5.96. The van der Waals surface area contributed by atoms with Gasteiger partial charge in [-0.15, -0.1) is 0 Å². The normalized spacial score (nSPS) is 11.8. The van der Waals surface area contributed by atoms with Crippen LogP contribution in [-0.4, -0.2) is 0 Å². The van der Waals surface area contributed by atoms with Crippen molar-refractivity contribution in [2.24, 2.45) is 5.73 Å². The number of rotatable bonds is 1. The Morgan fingerprint density at radius 2 is 1.92 bits per heavy atom. The summed E-state index contributed by atoms with van der Waals surface area (Å²) in [7, 11) is 0. The third-order valence-corrected chi connectivity index (χ3v) is 2.54. The summed E-state index contributed by atoms with van der Waals surface area (Å²) in [6, 6.07) is 3.92. The van der Waals surface area contributed by atoms with Crippen LogP contribution in [0, 0.1) is 0 Å². The van der Waals surface area contributed by atoms with E-state index in [1.54, 1.807) is 6.07 Å². The topological polar surface area (TPSA) is 26.0 Å². The number of hydrogen-bond acceptors (Lipinski definition) is 1. The third-order valence-electron chi connectivity index (χ3n) is 1.60. The summed E-state index contributed by atoms with van der Waals surface area (Å²) in [6.07, 6.45) is -4.33. The molecule has 0 aliphatic heterocycles. The first-order valence-electron chi connectivity index (χ1n) is 3.51. The van der Waals surface area contributed by atoms with Gasteiger partial charge in [-0.3, -0.25) is 0 Å². The number of halogens is 4. The molecule has 0 fully saturated rings. The Morgan fingerprint density at radius 1 is 1.31 bits per heavy atom.